The maximum absolute atomic E-state index is 12.4. The van der Waals surface area contributed by atoms with Crippen molar-refractivity contribution in [2.24, 2.45) is 0 Å². The fourth-order valence-electron chi connectivity index (χ4n) is 2.48. The molecule has 0 saturated heterocycles. The van der Waals surface area contributed by atoms with E-state index in [1.807, 2.05) is 50.8 Å². The number of carbonyl (C=O) groups is 1. The van der Waals surface area contributed by atoms with Crippen molar-refractivity contribution in [2.75, 3.05) is 14.2 Å². The molecular formula is C18H27NO4. The van der Waals surface area contributed by atoms with Crippen molar-refractivity contribution in [3.8, 4) is 5.75 Å². The molecule has 0 bridgehead atoms. The fourth-order valence-corrected chi connectivity index (χ4v) is 2.48. The number of methoxy groups -OCH3 is 1. The smallest absolute Gasteiger partial charge is 0.247 e. The van der Waals surface area contributed by atoms with Crippen molar-refractivity contribution in [3.63, 3.8) is 0 Å². The maximum Gasteiger partial charge on any atom is 0.247 e. The quantitative estimate of drug-likeness (QED) is 0.418. The molecule has 0 aliphatic carbocycles. The fraction of sp³-hybridized carbons (Fsp3) is 0.500. The molecule has 5 heteroatoms. The minimum atomic E-state index is -0.0180. The lowest BCUT2D eigenvalue weighted by molar-refractivity contribution is -0.282. The monoisotopic (exact) mass is 321 g/mol. The summed E-state index contributed by atoms with van der Waals surface area (Å²) in [5, 5.41) is 0. The highest BCUT2D eigenvalue weighted by molar-refractivity contribution is 5.92. The summed E-state index contributed by atoms with van der Waals surface area (Å²) in [7, 11) is 3.07. The molecule has 0 saturated carbocycles. The molecule has 0 heterocycles. The molecular weight excluding hydrogens is 294 g/mol. The van der Waals surface area contributed by atoms with Gasteiger partial charge in [-0.05, 0) is 51.5 Å². The Morgan fingerprint density at radius 1 is 1.17 bits per heavy atom. The standard InChI is InChI=1S/C18H27NO4/c1-13(2)19(14(3)4)18(20)10-8-16-11-15(12-23-22-6)7-9-17(16)21-5/h7-11,13-14H,12H2,1-6H3/b10-8+. The Balaban J connectivity index is 2.98. The van der Waals surface area contributed by atoms with Crippen molar-refractivity contribution in [1.29, 1.82) is 0 Å². The zero-order chi connectivity index (χ0) is 17.4. The Bertz CT molecular complexity index is 530. The lowest BCUT2D eigenvalue weighted by Crippen LogP contribution is -2.41. The van der Waals surface area contributed by atoms with E-state index >= 15 is 0 Å². The second-order valence-electron chi connectivity index (χ2n) is 5.77. The van der Waals surface area contributed by atoms with E-state index in [1.165, 1.54) is 7.11 Å². The predicted octanol–water partition coefficient (Wildman–Crippen LogP) is 3.43. The minimum absolute atomic E-state index is 0.0180. The number of benzene rings is 1. The number of rotatable bonds is 8. The number of hydrogen-bond donors (Lipinski definition) is 0. The third-order valence-electron chi connectivity index (χ3n) is 3.41. The molecule has 0 atom stereocenters. The van der Waals surface area contributed by atoms with Crippen LogP contribution in [0.15, 0.2) is 24.3 Å². The summed E-state index contributed by atoms with van der Waals surface area (Å²) in [4.78, 5) is 23.8. The van der Waals surface area contributed by atoms with E-state index in [4.69, 9.17) is 9.62 Å². The van der Waals surface area contributed by atoms with Gasteiger partial charge in [-0.2, -0.15) is 0 Å². The van der Waals surface area contributed by atoms with Crippen LogP contribution in [0.5, 0.6) is 5.75 Å². The van der Waals surface area contributed by atoms with Gasteiger partial charge in [-0.3, -0.25) is 4.79 Å². The highest BCUT2D eigenvalue weighted by atomic mass is 17.2. The normalized spacial score (nSPS) is 11.5. The van der Waals surface area contributed by atoms with Crippen LogP contribution in [0.25, 0.3) is 6.08 Å². The molecule has 0 unspecified atom stereocenters. The summed E-state index contributed by atoms with van der Waals surface area (Å²) >= 11 is 0. The van der Waals surface area contributed by atoms with Crippen LogP contribution in [0.4, 0.5) is 0 Å². The highest BCUT2D eigenvalue weighted by Gasteiger charge is 2.17. The molecule has 1 rings (SSSR count). The third-order valence-corrected chi connectivity index (χ3v) is 3.41. The largest absolute Gasteiger partial charge is 0.496 e. The van der Waals surface area contributed by atoms with Crippen molar-refractivity contribution in [1.82, 2.24) is 4.90 Å². The predicted molar refractivity (Wildman–Crippen MR) is 90.9 cm³/mol. The molecule has 1 amide bonds. The minimum Gasteiger partial charge on any atom is -0.496 e. The number of carbonyl (C=O) groups excluding carboxylic acids is 1. The molecule has 0 aromatic heterocycles. The molecule has 0 aliphatic rings. The lowest BCUT2D eigenvalue weighted by atomic mass is 10.1. The molecule has 1 aromatic carbocycles. The third kappa shape index (κ3) is 5.69. The lowest BCUT2D eigenvalue weighted by Gasteiger charge is -2.29. The number of ether oxygens (including phenoxy) is 1. The van der Waals surface area contributed by atoms with E-state index in [0.717, 1.165) is 11.1 Å². The van der Waals surface area contributed by atoms with Gasteiger partial charge in [0.1, 0.15) is 12.4 Å². The van der Waals surface area contributed by atoms with Crippen molar-refractivity contribution in [3.05, 3.63) is 35.4 Å². The highest BCUT2D eigenvalue weighted by Crippen LogP contribution is 2.22. The molecule has 0 radical (unpaired) electrons. The molecule has 5 nitrogen and oxygen atoms in total. The second kappa shape index (κ2) is 9.33. The summed E-state index contributed by atoms with van der Waals surface area (Å²) in [6.45, 7) is 8.37. The molecule has 0 aliphatic heterocycles. The van der Waals surface area contributed by atoms with Gasteiger partial charge in [0.05, 0.1) is 14.2 Å². The number of amides is 1. The van der Waals surface area contributed by atoms with Gasteiger partial charge in [0.2, 0.25) is 5.91 Å². The zero-order valence-corrected chi connectivity index (χ0v) is 14.8. The summed E-state index contributed by atoms with van der Waals surface area (Å²) in [5.41, 5.74) is 1.76. The Hall–Kier alpha value is -1.85. The Labute approximate surface area is 138 Å². The Kier molecular flexibility index (Phi) is 7.78. The van der Waals surface area contributed by atoms with Crippen LogP contribution in [-0.4, -0.2) is 37.1 Å². The summed E-state index contributed by atoms with van der Waals surface area (Å²) in [6, 6.07) is 5.95. The van der Waals surface area contributed by atoms with Crippen molar-refractivity contribution in [2.45, 2.75) is 46.4 Å². The van der Waals surface area contributed by atoms with E-state index in [0.29, 0.717) is 12.4 Å². The first-order chi connectivity index (χ1) is 10.9. The van der Waals surface area contributed by atoms with Crippen LogP contribution in [-0.2, 0) is 21.2 Å². The number of hydrogen-bond acceptors (Lipinski definition) is 4. The molecule has 1 aromatic rings. The van der Waals surface area contributed by atoms with Crippen LogP contribution in [0.2, 0.25) is 0 Å². The van der Waals surface area contributed by atoms with Gasteiger partial charge in [-0.15, -0.1) is 0 Å². The molecule has 0 spiro atoms. The maximum atomic E-state index is 12.4. The van der Waals surface area contributed by atoms with Crippen LogP contribution in [0, 0.1) is 0 Å². The zero-order valence-electron chi connectivity index (χ0n) is 14.8. The van der Waals surface area contributed by atoms with E-state index in [2.05, 4.69) is 4.89 Å². The van der Waals surface area contributed by atoms with Gasteiger partial charge in [0.25, 0.3) is 0 Å². The van der Waals surface area contributed by atoms with Gasteiger partial charge in [-0.1, -0.05) is 6.07 Å². The Morgan fingerprint density at radius 3 is 2.35 bits per heavy atom. The molecule has 0 fully saturated rings. The average molecular weight is 321 g/mol. The first-order valence-electron chi connectivity index (χ1n) is 7.73. The van der Waals surface area contributed by atoms with Crippen LogP contribution in [0.3, 0.4) is 0 Å². The van der Waals surface area contributed by atoms with Crippen LogP contribution >= 0.6 is 0 Å². The van der Waals surface area contributed by atoms with E-state index in [1.54, 1.807) is 19.3 Å². The molecule has 0 N–H and O–H groups in total. The van der Waals surface area contributed by atoms with Gasteiger partial charge in [0.15, 0.2) is 0 Å². The SMILES string of the molecule is COOCc1ccc(OC)c(/C=C/C(=O)N(C(C)C)C(C)C)c1. The van der Waals surface area contributed by atoms with Crippen LogP contribution < -0.4 is 4.74 Å². The topological polar surface area (TPSA) is 48.0 Å². The van der Waals surface area contributed by atoms with Gasteiger partial charge in [-0.25, -0.2) is 9.78 Å². The first kappa shape index (κ1) is 19.2. The summed E-state index contributed by atoms with van der Waals surface area (Å²) in [6.07, 6.45) is 3.36. The molecule has 23 heavy (non-hydrogen) atoms. The Morgan fingerprint density at radius 2 is 1.83 bits per heavy atom. The molecule has 128 valence electrons. The van der Waals surface area contributed by atoms with Gasteiger partial charge < -0.3 is 9.64 Å². The van der Waals surface area contributed by atoms with E-state index in [-0.39, 0.29) is 18.0 Å². The van der Waals surface area contributed by atoms with Gasteiger partial charge >= 0.3 is 0 Å². The summed E-state index contributed by atoms with van der Waals surface area (Å²) < 4.78 is 5.34. The van der Waals surface area contributed by atoms with Crippen molar-refractivity contribution >= 4 is 12.0 Å². The van der Waals surface area contributed by atoms with Crippen LogP contribution in [0.1, 0.15) is 38.8 Å². The van der Waals surface area contributed by atoms with Crippen molar-refractivity contribution < 1.29 is 19.3 Å². The summed E-state index contributed by atoms with van der Waals surface area (Å²) in [5.74, 6) is 0.687. The van der Waals surface area contributed by atoms with E-state index in [9.17, 15) is 4.79 Å². The average Bonchev–Trinajstić information content (AvgIpc) is 2.50. The van der Waals surface area contributed by atoms with Gasteiger partial charge in [0, 0.05) is 23.7 Å². The van der Waals surface area contributed by atoms with E-state index < -0.39 is 0 Å². The number of nitrogens with zero attached hydrogens (tertiary/aromatic N) is 1. The second-order valence-corrected chi connectivity index (χ2v) is 5.77. The first-order valence-corrected chi connectivity index (χ1v) is 7.73.